The first-order valence-corrected chi connectivity index (χ1v) is 6.65. The maximum Gasteiger partial charge on any atom is 0.322 e. The molecule has 0 saturated carbocycles. The number of hydrogen-bond donors (Lipinski definition) is 0. The minimum absolute atomic E-state index is 0.0594. The summed E-state index contributed by atoms with van der Waals surface area (Å²) >= 11 is 0. The van der Waals surface area contributed by atoms with Gasteiger partial charge in [0, 0.05) is 12.6 Å². The molecule has 0 atom stereocenters. The highest BCUT2D eigenvalue weighted by Gasteiger charge is 2.18. The van der Waals surface area contributed by atoms with Crippen molar-refractivity contribution in [3.8, 4) is 6.01 Å². The Morgan fingerprint density at radius 3 is 2.76 bits per heavy atom. The predicted molar refractivity (Wildman–Crippen MR) is 77.4 cm³/mol. The van der Waals surface area contributed by atoms with Crippen LogP contribution in [0.5, 0.6) is 6.01 Å². The van der Waals surface area contributed by atoms with Crippen LogP contribution >= 0.6 is 0 Å². The van der Waals surface area contributed by atoms with Crippen LogP contribution in [0.15, 0.2) is 66.1 Å². The van der Waals surface area contributed by atoms with Gasteiger partial charge in [-0.2, -0.15) is 4.98 Å². The topological polar surface area (TPSA) is 52.1 Å². The number of ether oxygens (including phenoxy) is 1. The van der Waals surface area contributed by atoms with Gasteiger partial charge in [0.15, 0.2) is 5.76 Å². The number of allylic oxidation sites excluding steroid dienone is 4. The van der Waals surface area contributed by atoms with Crippen molar-refractivity contribution in [3.05, 3.63) is 77.8 Å². The summed E-state index contributed by atoms with van der Waals surface area (Å²) in [4.78, 5) is 19.8. The SMILES string of the molecule is O=C1CC(Cc2ccccc2)=CC=C1Oc1n[c]ccn1. The van der Waals surface area contributed by atoms with Gasteiger partial charge in [0.05, 0.1) is 6.20 Å². The largest absolute Gasteiger partial charge is 0.420 e. The van der Waals surface area contributed by atoms with Crippen molar-refractivity contribution in [2.45, 2.75) is 12.8 Å². The lowest BCUT2D eigenvalue weighted by Gasteiger charge is -2.13. The smallest absolute Gasteiger partial charge is 0.322 e. The van der Waals surface area contributed by atoms with Crippen molar-refractivity contribution in [2.24, 2.45) is 0 Å². The molecule has 3 rings (SSSR count). The summed E-state index contributed by atoms with van der Waals surface area (Å²) in [5, 5.41) is 0. The van der Waals surface area contributed by atoms with Gasteiger partial charge < -0.3 is 4.74 Å². The Labute approximate surface area is 122 Å². The summed E-state index contributed by atoms with van der Waals surface area (Å²) in [7, 11) is 0. The molecule has 1 aromatic heterocycles. The van der Waals surface area contributed by atoms with Gasteiger partial charge >= 0.3 is 6.01 Å². The van der Waals surface area contributed by atoms with Gasteiger partial charge in [-0.15, -0.1) is 0 Å². The number of Topliss-reactive ketones (excluding diaryl/α,β-unsaturated/α-hetero) is 1. The maximum atomic E-state index is 12.1. The summed E-state index contributed by atoms with van der Waals surface area (Å²) in [5.41, 5.74) is 2.26. The van der Waals surface area contributed by atoms with E-state index in [1.807, 2.05) is 24.3 Å². The molecule has 0 saturated heterocycles. The van der Waals surface area contributed by atoms with Crippen LogP contribution in [0.25, 0.3) is 0 Å². The van der Waals surface area contributed by atoms with Crippen molar-refractivity contribution in [3.63, 3.8) is 0 Å². The molecule has 4 nitrogen and oxygen atoms in total. The average Bonchev–Trinajstić information content (AvgIpc) is 2.52. The predicted octanol–water partition coefficient (Wildman–Crippen LogP) is 2.68. The van der Waals surface area contributed by atoms with Gasteiger partial charge in [0.1, 0.15) is 0 Å². The van der Waals surface area contributed by atoms with Gasteiger partial charge in [-0.05, 0) is 24.1 Å². The van der Waals surface area contributed by atoms with Crippen LogP contribution in [0, 0.1) is 6.20 Å². The van der Waals surface area contributed by atoms with E-state index >= 15 is 0 Å². The number of ketones is 1. The molecular weight excluding hydrogens is 264 g/mol. The monoisotopic (exact) mass is 277 g/mol. The zero-order valence-corrected chi connectivity index (χ0v) is 11.3. The van der Waals surface area contributed by atoms with E-state index in [1.165, 1.54) is 11.8 Å². The number of nitrogens with zero attached hydrogens (tertiary/aromatic N) is 2. The number of carbonyl (C=O) groups is 1. The second-order valence-electron chi connectivity index (χ2n) is 4.69. The van der Waals surface area contributed by atoms with Crippen LogP contribution in [0.4, 0.5) is 0 Å². The minimum Gasteiger partial charge on any atom is -0.420 e. The van der Waals surface area contributed by atoms with E-state index in [0.29, 0.717) is 6.42 Å². The van der Waals surface area contributed by atoms with Crippen LogP contribution in [-0.2, 0) is 11.2 Å². The molecule has 0 aliphatic heterocycles. The normalized spacial score (nSPS) is 14.4. The molecule has 1 aromatic carbocycles. The summed E-state index contributed by atoms with van der Waals surface area (Å²) in [6.07, 6.45) is 8.87. The summed E-state index contributed by atoms with van der Waals surface area (Å²) in [6.45, 7) is 0. The highest BCUT2D eigenvalue weighted by molar-refractivity contribution is 5.97. The van der Waals surface area contributed by atoms with Crippen LogP contribution in [0.3, 0.4) is 0 Å². The second-order valence-corrected chi connectivity index (χ2v) is 4.69. The molecule has 0 unspecified atom stereocenters. The molecule has 0 bridgehead atoms. The van der Waals surface area contributed by atoms with Gasteiger partial charge in [0.25, 0.3) is 0 Å². The molecule has 0 amide bonds. The third kappa shape index (κ3) is 3.42. The Kier molecular flexibility index (Phi) is 3.87. The zero-order valence-electron chi connectivity index (χ0n) is 11.3. The van der Waals surface area contributed by atoms with Gasteiger partial charge in [-0.3, -0.25) is 4.79 Å². The summed E-state index contributed by atoms with van der Waals surface area (Å²) in [5.74, 6) is 0.210. The van der Waals surface area contributed by atoms with E-state index in [-0.39, 0.29) is 17.6 Å². The Morgan fingerprint density at radius 1 is 1.19 bits per heavy atom. The third-order valence-corrected chi connectivity index (χ3v) is 3.10. The molecule has 21 heavy (non-hydrogen) atoms. The van der Waals surface area contributed by atoms with Crippen molar-refractivity contribution in [2.75, 3.05) is 0 Å². The lowest BCUT2D eigenvalue weighted by Crippen LogP contribution is -2.14. The van der Waals surface area contributed by atoms with Crippen LogP contribution in [0.2, 0.25) is 0 Å². The van der Waals surface area contributed by atoms with Gasteiger partial charge in [-0.1, -0.05) is 42.0 Å². The average molecular weight is 277 g/mol. The number of hydrogen-bond acceptors (Lipinski definition) is 4. The molecule has 4 heteroatoms. The first kappa shape index (κ1) is 13.2. The Morgan fingerprint density at radius 2 is 2.05 bits per heavy atom. The number of rotatable bonds is 4. The highest BCUT2D eigenvalue weighted by atomic mass is 16.5. The molecule has 1 heterocycles. The molecule has 2 aromatic rings. The minimum atomic E-state index is -0.0594. The molecule has 0 spiro atoms. The van der Waals surface area contributed by atoms with E-state index in [2.05, 4.69) is 28.3 Å². The van der Waals surface area contributed by atoms with Crippen LogP contribution < -0.4 is 4.74 Å². The van der Waals surface area contributed by atoms with E-state index in [1.54, 1.807) is 12.1 Å². The second kappa shape index (κ2) is 6.13. The van der Waals surface area contributed by atoms with E-state index in [4.69, 9.17) is 4.74 Å². The summed E-state index contributed by atoms with van der Waals surface area (Å²) in [6, 6.07) is 11.8. The zero-order chi connectivity index (χ0) is 14.5. The van der Waals surface area contributed by atoms with Gasteiger partial charge in [0.2, 0.25) is 5.78 Å². The lowest BCUT2D eigenvalue weighted by molar-refractivity contribution is -0.117. The van der Waals surface area contributed by atoms with Crippen molar-refractivity contribution in [1.82, 2.24) is 9.97 Å². The quantitative estimate of drug-likeness (QED) is 0.862. The summed E-state index contributed by atoms with van der Waals surface area (Å²) < 4.78 is 5.38. The van der Waals surface area contributed by atoms with Crippen molar-refractivity contribution in [1.29, 1.82) is 0 Å². The number of benzene rings is 1. The van der Waals surface area contributed by atoms with Gasteiger partial charge in [-0.25, -0.2) is 4.98 Å². The van der Waals surface area contributed by atoms with E-state index < -0.39 is 0 Å². The van der Waals surface area contributed by atoms with Crippen LogP contribution in [-0.4, -0.2) is 15.8 Å². The lowest BCUT2D eigenvalue weighted by atomic mass is 9.96. The fraction of sp³-hybridized carbons (Fsp3) is 0.118. The first-order valence-electron chi connectivity index (χ1n) is 6.65. The molecule has 103 valence electrons. The fourth-order valence-electron chi connectivity index (χ4n) is 2.11. The van der Waals surface area contributed by atoms with Crippen molar-refractivity contribution >= 4 is 5.78 Å². The highest BCUT2D eigenvalue weighted by Crippen LogP contribution is 2.20. The molecule has 1 aliphatic carbocycles. The van der Waals surface area contributed by atoms with Crippen LogP contribution in [0.1, 0.15) is 12.0 Å². The Bertz CT molecular complexity index is 691. The third-order valence-electron chi connectivity index (χ3n) is 3.10. The molecule has 0 fully saturated rings. The fourth-order valence-corrected chi connectivity index (χ4v) is 2.11. The van der Waals surface area contributed by atoms with E-state index in [0.717, 1.165) is 12.0 Å². The molecule has 1 aliphatic rings. The molecule has 1 radical (unpaired) electrons. The Hall–Kier alpha value is -2.75. The van der Waals surface area contributed by atoms with E-state index in [9.17, 15) is 4.79 Å². The number of aromatic nitrogens is 2. The maximum absolute atomic E-state index is 12.1. The Balaban J connectivity index is 1.72. The van der Waals surface area contributed by atoms with Crippen molar-refractivity contribution < 1.29 is 9.53 Å². The number of carbonyl (C=O) groups excluding carboxylic acids is 1. The molecule has 0 N–H and O–H groups in total. The molecular formula is C17H13N2O2. The standard InChI is InChI=1S/C17H13N2O2/c20-15-12-14(11-13-5-2-1-3-6-13)7-8-16(15)21-17-18-9-4-10-19-17/h1-9H,11-12H2. The first-order chi connectivity index (χ1) is 10.3.